The summed E-state index contributed by atoms with van der Waals surface area (Å²) < 4.78 is 0. The van der Waals surface area contributed by atoms with Crippen LogP contribution >= 0.6 is 11.8 Å². The first-order valence-electron chi connectivity index (χ1n) is 5.61. The predicted octanol–water partition coefficient (Wildman–Crippen LogP) is 0.206. The molecule has 0 saturated carbocycles. The van der Waals surface area contributed by atoms with E-state index in [0.29, 0.717) is 17.1 Å². The average molecular weight is 273 g/mol. The topological polar surface area (TPSA) is 109 Å². The van der Waals surface area contributed by atoms with E-state index in [1.54, 1.807) is 12.1 Å². The molecule has 0 saturated heterocycles. The Bertz CT molecular complexity index is 701. The largest absolute Gasteiger partial charge is 0.545 e. The van der Waals surface area contributed by atoms with Gasteiger partial charge in [-0.2, -0.15) is 0 Å². The molecule has 0 amide bonds. The van der Waals surface area contributed by atoms with Crippen LogP contribution in [-0.4, -0.2) is 5.97 Å². The number of carboxylic acid groups (broad SMARTS) is 1. The van der Waals surface area contributed by atoms with Gasteiger partial charge in [0.25, 0.3) is 0 Å². The monoisotopic (exact) mass is 273 g/mol. The fourth-order valence-electron chi connectivity index (χ4n) is 2.08. The van der Waals surface area contributed by atoms with Gasteiger partial charge in [-0.1, -0.05) is 11.8 Å². The molecule has 1 aliphatic rings. The zero-order chi connectivity index (χ0) is 13.6. The minimum atomic E-state index is -1.22. The van der Waals surface area contributed by atoms with E-state index in [4.69, 9.17) is 11.5 Å². The smallest absolute Gasteiger partial charge is 0.158 e. The van der Waals surface area contributed by atoms with E-state index in [2.05, 4.69) is 0 Å². The summed E-state index contributed by atoms with van der Waals surface area (Å²) in [5.41, 5.74) is 14.3. The molecule has 0 aliphatic carbocycles. The predicted molar refractivity (Wildman–Crippen MR) is 71.4 cm³/mol. The number of anilines is 2. The summed E-state index contributed by atoms with van der Waals surface area (Å²) in [5.74, 6) is -1.22. The number of benzene rings is 2. The Morgan fingerprint density at radius 1 is 1.11 bits per heavy atom. The lowest BCUT2D eigenvalue weighted by atomic mass is 10.1. The van der Waals surface area contributed by atoms with Crippen molar-refractivity contribution in [2.45, 2.75) is 9.79 Å². The molecule has 0 aromatic heterocycles. The summed E-state index contributed by atoms with van der Waals surface area (Å²) in [5, 5.41) is 13.0. The van der Waals surface area contributed by atoms with Gasteiger partial charge in [-0.25, -0.2) is 0 Å². The third kappa shape index (κ3) is 2.00. The van der Waals surface area contributed by atoms with Gasteiger partial charge < -0.3 is 21.4 Å². The van der Waals surface area contributed by atoms with Crippen molar-refractivity contribution in [2.24, 2.45) is 0 Å². The van der Waals surface area contributed by atoms with Gasteiger partial charge in [0, 0.05) is 17.4 Å². The average Bonchev–Trinajstić information content (AvgIpc) is 2.35. The van der Waals surface area contributed by atoms with Crippen molar-refractivity contribution in [1.29, 1.82) is 0 Å². The highest BCUT2D eigenvalue weighted by molar-refractivity contribution is 7.99. The molecule has 2 aromatic rings. The van der Waals surface area contributed by atoms with Crippen molar-refractivity contribution in [3.63, 3.8) is 0 Å². The SMILES string of the molecule is Nc1ccc2c(c1)Sc1cc(N)cc(C(=O)[O-])c1[NH2+]2. The van der Waals surface area contributed by atoms with Crippen LogP contribution in [0.4, 0.5) is 22.7 Å². The number of quaternary nitrogens is 1. The first kappa shape index (κ1) is 11.9. The number of carboxylic acids is 1. The standard InChI is InChI=1S/C13H11N3O2S/c14-6-1-2-9-10(4-6)19-11-5-7(15)3-8(13(17)18)12(11)16-9/h1-5,16H,14-15H2,(H,17,18). The molecule has 0 bridgehead atoms. The van der Waals surface area contributed by atoms with Crippen molar-refractivity contribution < 1.29 is 15.2 Å². The van der Waals surface area contributed by atoms with E-state index in [0.717, 1.165) is 15.5 Å². The number of fused-ring (bicyclic) bond motifs is 2. The molecular weight excluding hydrogens is 262 g/mol. The highest BCUT2D eigenvalue weighted by Gasteiger charge is 2.24. The van der Waals surface area contributed by atoms with Gasteiger partial charge in [0.05, 0.1) is 21.3 Å². The number of nitrogen functional groups attached to an aromatic ring is 2. The quantitative estimate of drug-likeness (QED) is 0.549. The molecule has 0 atom stereocenters. The van der Waals surface area contributed by atoms with Gasteiger partial charge in [0.2, 0.25) is 0 Å². The molecule has 0 radical (unpaired) electrons. The molecule has 5 nitrogen and oxygen atoms in total. The summed E-state index contributed by atoms with van der Waals surface area (Å²) in [4.78, 5) is 13.0. The lowest BCUT2D eigenvalue weighted by Gasteiger charge is -2.19. The van der Waals surface area contributed by atoms with Crippen LogP contribution in [0.1, 0.15) is 10.4 Å². The lowest BCUT2D eigenvalue weighted by Crippen LogP contribution is -2.73. The lowest BCUT2D eigenvalue weighted by molar-refractivity contribution is -0.485. The second kappa shape index (κ2) is 4.18. The number of hydrogen-bond donors (Lipinski definition) is 3. The Kier molecular flexibility index (Phi) is 2.62. The van der Waals surface area contributed by atoms with Crippen LogP contribution < -0.4 is 21.9 Å². The van der Waals surface area contributed by atoms with Crippen molar-refractivity contribution in [3.8, 4) is 0 Å². The second-order valence-electron chi connectivity index (χ2n) is 4.31. The number of nitrogens with two attached hydrogens (primary N) is 3. The summed E-state index contributed by atoms with van der Waals surface area (Å²) in [6.07, 6.45) is 0. The van der Waals surface area contributed by atoms with Crippen LogP contribution in [0.2, 0.25) is 0 Å². The molecule has 0 fully saturated rings. The highest BCUT2D eigenvalue weighted by atomic mass is 32.2. The molecular formula is C13H11N3O2S. The fraction of sp³-hybridized carbons (Fsp3) is 0. The maximum absolute atomic E-state index is 11.2. The van der Waals surface area contributed by atoms with Gasteiger partial charge in [0.15, 0.2) is 5.69 Å². The van der Waals surface area contributed by atoms with E-state index in [1.807, 2.05) is 17.4 Å². The van der Waals surface area contributed by atoms with Gasteiger partial charge in [0.1, 0.15) is 5.69 Å². The van der Waals surface area contributed by atoms with Crippen molar-refractivity contribution in [1.82, 2.24) is 0 Å². The maximum Gasteiger partial charge on any atom is 0.158 e. The molecule has 0 spiro atoms. The van der Waals surface area contributed by atoms with Crippen molar-refractivity contribution >= 4 is 40.5 Å². The third-order valence-electron chi connectivity index (χ3n) is 2.94. The van der Waals surface area contributed by atoms with Gasteiger partial charge in [-0.15, -0.1) is 0 Å². The summed E-state index contributed by atoms with van der Waals surface area (Å²) >= 11 is 1.46. The van der Waals surface area contributed by atoms with Gasteiger partial charge >= 0.3 is 0 Å². The molecule has 96 valence electrons. The van der Waals surface area contributed by atoms with Crippen LogP contribution in [0, 0.1) is 0 Å². The Hall–Kier alpha value is -2.18. The molecule has 19 heavy (non-hydrogen) atoms. The Morgan fingerprint density at radius 2 is 1.84 bits per heavy atom. The van der Waals surface area contributed by atoms with E-state index in [9.17, 15) is 9.90 Å². The van der Waals surface area contributed by atoms with E-state index >= 15 is 0 Å². The van der Waals surface area contributed by atoms with Crippen molar-refractivity contribution in [3.05, 3.63) is 35.9 Å². The van der Waals surface area contributed by atoms with Crippen LogP contribution in [0.5, 0.6) is 0 Å². The number of hydrogen-bond acceptors (Lipinski definition) is 5. The minimum absolute atomic E-state index is 0.116. The van der Waals surface area contributed by atoms with Gasteiger partial charge in [-0.3, -0.25) is 5.32 Å². The molecule has 2 aromatic carbocycles. The summed E-state index contributed by atoms with van der Waals surface area (Å²) in [6.45, 7) is 0. The van der Waals surface area contributed by atoms with E-state index in [-0.39, 0.29) is 5.56 Å². The van der Waals surface area contributed by atoms with E-state index < -0.39 is 5.97 Å². The molecule has 0 unspecified atom stereocenters. The number of aromatic carboxylic acids is 1. The molecule has 1 aliphatic heterocycles. The highest BCUT2D eigenvalue weighted by Crippen LogP contribution is 2.41. The van der Waals surface area contributed by atoms with Crippen molar-refractivity contribution in [2.75, 3.05) is 11.5 Å². The molecule has 6 N–H and O–H groups in total. The Morgan fingerprint density at radius 3 is 2.58 bits per heavy atom. The second-order valence-corrected chi connectivity index (χ2v) is 5.40. The normalized spacial score (nSPS) is 12.6. The maximum atomic E-state index is 11.2. The number of rotatable bonds is 1. The van der Waals surface area contributed by atoms with Gasteiger partial charge in [-0.05, 0) is 24.3 Å². The molecule has 6 heteroatoms. The van der Waals surface area contributed by atoms with Crippen LogP contribution in [0.3, 0.4) is 0 Å². The Balaban J connectivity index is 2.16. The summed E-state index contributed by atoms with van der Waals surface area (Å²) in [7, 11) is 0. The van der Waals surface area contributed by atoms with Crippen LogP contribution in [0.15, 0.2) is 40.1 Å². The minimum Gasteiger partial charge on any atom is -0.545 e. The number of carbonyl (C=O) groups is 1. The first-order valence-corrected chi connectivity index (χ1v) is 6.43. The zero-order valence-electron chi connectivity index (χ0n) is 9.84. The first-order chi connectivity index (χ1) is 9.04. The molecule has 3 rings (SSSR count). The third-order valence-corrected chi connectivity index (χ3v) is 4.07. The molecule has 1 heterocycles. The number of carbonyl (C=O) groups excluding carboxylic acids is 1. The summed E-state index contributed by atoms with van der Waals surface area (Å²) in [6, 6.07) is 8.71. The fourth-order valence-corrected chi connectivity index (χ4v) is 3.23. The Labute approximate surface area is 113 Å². The van der Waals surface area contributed by atoms with Crippen LogP contribution in [-0.2, 0) is 0 Å². The zero-order valence-corrected chi connectivity index (χ0v) is 10.7. The van der Waals surface area contributed by atoms with E-state index in [1.165, 1.54) is 17.8 Å². The van der Waals surface area contributed by atoms with Crippen LogP contribution in [0.25, 0.3) is 0 Å².